The van der Waals surface area contributed by atoms with Gasteiger partial charge in [-0.1, -0.05) is 0 Å². The number of hydrogen-bond donors (Lipinski definition) is 2. The fourth-order valence-corrected chi connectivity index (χ4v) is 0.764. The van der Waals surface area contributed by atoms with Gasteiger partial charge in [0.1, 0.15) is 12.3 Å². The zero-order valence-electron chi connectivity index (χ0n) is 7.75. The standard InChI is InChI=1S/C8H12N2O4/c1-13-2-3-14-7-5-9-6(4-10-7)8(11)12/h4-5,8,11-12H,2-3H2,1H3. The van der Waals surface area contributed by atoms with E-state index in [0.717, 1.165) is 0 Å². The van der Waals surface area contributed by atoms with Gasteiger partial charge < -0.3 is 19.7 Å². The van der Waals surface area contributed by atoms with E-state index in [-0.39, 0.29) is 5.69 Å². The SMILES string of the molecule is COCCOc1cnc(C(O)O)cn1. The number of nitrogens with zero attached hydrogens (tertiary/aromatic N) is 2. The van der Waals surface area contributed by atoms with Gasteiger partial charge in [-0.2, -0.15) is 0 Å². The molecule has 1 heterocycles. The van der Waals surface area contributed by atoms with Crippen LogP contribution < -0.4 is 4.74 Å². The molecule has 78 valence electrons. The first-order valence-electron chi connectivity index (χ1n) is 4.04. The van der Waals surface area contributed by atoms with Crippen LogP contribution in [0.15, 0.2) is 12.4 Å². The van der Waals surface area contributed by atoms with Gasteiger partial charge in [0, 0.05) is 7.11 Å². The summed E-state index contributed by atoms with van der Waals surface area (Å²) in [6, 6.07) is 0. The van der Waals surface area contributed by atoms with Gasteiger partial charge in [-0.05, 0) is 0 Å². The number of aliphatic hydroxyl groups is 2. The average molecular weight is 200 g/mol. The van der Waals surface area contributed by atoms with Crippen molar-refractivity contribution in [2.75, 3.05) is 20.3 Å². The molecule has 0 aromatic carbocycles. The maximum atomic E-state index is 8.72. The molecule has 1 rings (SSSR count). The minimum Gasteiger partial charge on any atom is -0.474 e. The van der Waals surface area contributed by atoms with Gasteiger partial charge in [0.05, 0.1) is 19.0 Å². The molecule has 0 atom stereocenters. The zero-order valence-corrected chi connectivity index (χ0v) is 7.75. The molecule has 6 heteroatoms. The first kappa shape index (κ1) is 10.8. The van der Waals surface area contributed by atoms with Gasteiger partial charge in [0.25, 0.3) is 0 Å². The van der Waals surface area contributed by atoms with Crippen LogP contribution in [-0.4, -0.2) is 40.5 Å². The van der Waals surface area contributed by atoms with Gasteiger partial charge in [-0.15, -0.1) is 0 Å². The molecule has 0 spiro atoms. The molecular formula is C8H12N2O4. The van der Waals surface area contributed by atoms with Gasteiger partial charge >= 0.3 is 0 Å². The molecule has 6 nitrogen and oxygen atoms in total. The van der Waals surface area contributed by atoms with Crippen molar-refractivity contribution in [3.8, 4) is 5.88 Å². The van der Waals surface area contributed by atoms with Crippen LogP contribution in [0.5, 0.6) is 5.88 Å². The molecule has 2 N–H and O–H groups in total. The molecule has 0 aliphatic rings. The van der Waals surface area contributed by atoms with Gasteiger partial charge in [0.15, 0.2) is 6.29 Å². The third-order valence-electron chi connectivity index (χ3n) is 1.45. The number of rotatable bonds is 5. The first-order chi connectivity index (χ1) is 6.74. The topological polar surface area (TPSA) is 84.7 Å². The van der Waals surface area contributed by atoms with Crippen LogP contribution in [0.2, 0.25) is 0 Å². The number of aliphatic hydroxyl groups excluding tert-OH is 1. The van der Waals surface area contributed by atoms with Crippen LogP contribution in [0.4, 0.5) is 0 Å². The molecule has 0 aliphatic heterocycles. The van der Waals surface area contributed by atoms with E-state index < -0.39 is 6.29 Å². The average Bonchev–Trinajstić information content (AvgIpc) is 2.19. The summed E-state index contributed by atoms with van der Waals surface area (Å²) < 4.78 is 9.89. The molecule has 1 aromatic heterocycles. The van der Waals surface area contributed by atoms with E-state index >= 15 is 0 Å². The fourth-order valence-electron chi connectivity index (χ4n) is 0.764. The van der Waals surface area contributed by atoms with E-state index in [1.54, 1.807) is 7.11 Å². The Morgan fingerprint density at radius 1 is 1.29 bits per heavy atom. The monoisotopic (exact) mass is 200 g/mol. The summed E-state index contributed by atoms with van der Waals surface area (Å²) in [6.07, 6.45) is 0.965. The lowest BCUT2D eigenvalue weighted by Gasteiger charge is -2.05. The summed E-state index contributed by atoms with van der Waals surface area (Å²) in [7, 11) is 1.57. The normalized spacial score (nSPS) is 10.6. The molecule has 0 aliphatic carbocycles. The van der Waals surface area contributed by atoms with Crippen LogP contribution in [0, 0.1) is 0 Å². The lowest BCUT2D eigenvalue weighted by molar-refractivity contribution is -0.0461. The molecule has 0 saturated heterocycles. The van der Waals surface area contributed by atoms with Crippen LogP contribution in [-0.2, 0) is 4.74 Å². The van der Waals surface area contributed by atoms with Crippen molar-refractivity contribution in [3.63, 3.8) is 0 Å². The quantitative estimate of drug-likeness (QED) is 0.491. The molecular weight excluding hydrogens is 188 g/mol. The lowest BCUT2D eigenvalue weighted by atomic mass is 10.4. The summed E-state index contributed by atoms with van der Waals surface area (Å²) in [4.78, 5) is 7.54. The second-order valence-corrected chi connectivity index (χ2v) is 2.49. The Morgan fingerprint density at radius 2 is 2.07 bits per heavy atom. The van der Waals surface area contributed by atoms with Crippen molar-refractivity contribution in [3.05, 3.63) is 18.1 Å². The predicted octanol–water partition coefficient (Wildman–Crippen LogP) is -0.515. The van der Waals surface area contributed by atoms with Crippen molar-refractivity contribution < 1.29 is 19.7 Å². The van der Waals surface area contributed by atoms with E-state index in [1.807, 2.05) is 0 Å². The summed E-state index contributed by atoms with van der Waals surface area (Å²) in [5.41, 5.74) is 0.0871. The number of aromatic nitrogens is 2. The van der Waals surface area contributed by atoms with E-state index in [9.17, 15) is 0 Å². The predicted molar refractivity (Wildman–Crippen MR) is 46.6 cm³/mol. The zero-order chi connectivity index (χ0) is 10.4. The molecule has 0 saturated carbocycles. The Kier molecular flexibility index (Phi) is 4.24. The Labute approximate surface area is 81.1 Å². The molecule has 14 heavy (non-hydrogen) atoms. The van der Waals surface area contributed by atoms with E-state index in [2.05, 4.69) is 9.97 Å². The summed E-state index contributed by atoms with van der Waals surface area (Å²) in [6.45, 7) is 0.845. The summed E-state index contributed by atoms with van der Waals surface area (Å²) in [5, 5.41) is 17.4. The molecule has 0 amide bonds. The van der Waals surface area contributed by atoms with Crippen LogP contribution in [0.3, 0.4) is 0 Å². The van der Waals surface area contributed by atoms with E-state index in [1.165, 1.54) is 12.4 Å². The highest BCUT2D eigenvalue weighted by atomic mass is 16.5. The smallest absolute Gasteiger partial charge is 0.232 e. The van der Waals surface area contributed by atoms with Crippen molar-refractivity contribution in [1.82, 2.24) is 9.97 Å². The Bertz CT molecular complexity index is 263. The highest BCUT2D eigenvalue weighted by molar-refractivity contribution is 5.07. The minimum atomic E-state index is -1.60. The number of methoxy groups -OCH3 is 1. The van der Waals surface area contributed by atoms with Crippen molar-refractivity contribution in [1.29, 1.82) is 0 Å². The minimum absolute atomic E-state index is 0.0871. The first-order valence-corrected chi connectivity index (χ1v) is 4.04. The molecule has 0 bridgehead atoms. The van der Waals surface area contributed by atoms with Crippen molar-refractivity contribution in [2.24, 2.45) is 0 Å². The number of hydrogen-bond acceptors (Lipinski definition) is 6. The maximum Gasteiger partial charge on any atom is 0.232 e. The van der Waals surface area contributed by atoms with Crippen LogP contribution >= 0.6 is 0 Å². The van der Waals surface area contributed by atoms with E-state index in [4.69, 9.17) is 19.7 Å². The Hall–Kier alpha value is -1.24. The highest BCUT2D eigenvalue weighted by Crippen LogP contribution is 2.08. The second-order valence-electron chi connectivity index (χ2n) is 2.49. The number of ether oxygens (including phenoxy) is 2. The third-order valence-corrected chi connectivity index (χ3v) is 1.45. The fraction of sp³-hybridized carbons (Fsp3) is 0.500. The summed E-state index contributed by atoms with van der Waals surface area (Å²) >= 11 is 0. The van der Waals surface area contributed by atoms with Gasteiger partial charge in [-0.25, -0.2) is 9.97 Å². The van der Waals surface area contributed by atoms with Crippen LogP contribution in [0.25, 0.3) is 0 Å². The maximum absolute atomic E-state index is 8.72. The molecule has 0 unspecified atom stereocenters. The Morgan fingerprint density at radius 3 is 2.57 bits per heavy atom. The molecule has 0 fully saturated rings. The highest BCUT2D eigenvalue weighted by Gasteiger charge is 2.04. The van der Waals surface area contributed by atoms with Gasteiger partial charge in [0.2, 0.25) is 5.88 Å². The third kappa shape index (κ3) is 3.25. The van der Waals surface area contributed by atoms with Crippen molar-refractivity contribution in [2.45, 2.75) is 6.29 Å². The van der Waals surface area contributed by atoms with Gasteiger partial charge in [-0.3, -0.25) is 0 Å². The molecule has 1 aromatic rings. The van der Waals surface area contributed by atoms with E-state index in [0.29, 0.717) is 19.1 Å². The second kappa shape index (κ2) is 5.48. The summed E-state index contributed by atoms with van der Waals surface area (Å²) in [5.74, 6) is 0.325. The lowest BCUT2D eigenvalue weighted by Crippen LogP contribution is -2.06. The van der Waals surface area contributed by atoms with Crippen molar-refractivity contribution >= 4 is 0 Å². The Balaban J connectivity index is 2.47. The largest absolute Gasteiger partial charge is 0.474 e. The van der Waals surface area contributed by atoms with Crippen LogP contribution in [0.1, 0.15) is 12.0 Å². The molecule has 0 radical (unpaired) electrons.